The number of benzene rings is 1. The lowest BCUT2D eigenvalue weighted by Gasteiger charge is -2.29. The molecule has 1 aliphatic rings. The molecule has 1 fully saturated rings. The van der Waals surface area contributed by atoms with Crippen LogP contribution < -0.4 is 10.2 Å². The maximum Gasteiger partial charge on any atom is 0.488 e. The first-order chi connectivity index (χ1) is 9.56. The monoisotopic (exact) mass is 299 g/mol. The molecule has 1 aromatic rings. The van der Waals surface area contributed by atoms with Gasteiger partial charge in [0, 0.05) is 19.6 Å². The molecule has 5 nitrogen and oxygen atoms in total. The molecule has 20 heavy (non-hydrogen) atoms. The van der Waals surface area contributed by atoms with Gasteiger partial charge in [-0.3, -0.25) is 4.90 Å². The van der Waals surface area contributed by atoms with Crippen molar-refractivity contribution in [1.82, 2.24) is 4.90 Å². The molecular weight excluding hydrogens is 280 g/mol. The third kappa shape index (κ3) is 4.36. The van der Waals surface area contributed by atoms with Crippen molar-refractivity contribution in [1.29, 1.82) is 0 Å². The van der Waals surface area contributed by atoms with Crippen molar-refractivity contribution in [2.24, 2.45) is 0 Å². The van der Waals surface area contributed by atoms with E-state index in [-0.39, 0.29) is 6.10 Å². The molecule has 1 heterocycles. The Balaban J connectivity index is 1.79. The van der Waals surface area contributed by atoms with Crippen LogP contribution in [-0.2, 0) is 0 Å². The van der Waals surface area contributed by atoms with E-state index in [0.29, 0.717) is 22.8 Å². The molecule has 0 bridgehead atoms. The highest BCUT2D eigenvalue weighted by Gasteiger charge is 2.17. The molecule has 0 amide bonds. The molecule has 0 aliphatic carbocycles. The summed E-state index contributed by atoms with van der Waals surface area (Å²) in [5.41, 5.74) is 0.340. The second-order valence-electron chi connectivity index (χ2n) is 4.98. The predicted octanol–water partition coefficient (Wildman–Crippen LogP) is -0.145. The third-order valence-corrected chi connectivity index (χ3v) is 3.77. The highest BCUT2D eigenvalue weighted by Crippen LogP contribution is 2.22. The van der Waals surface area contributed by atoms with Gasteiger partial charge in [-0.1, -0.05) is 17.7 Å². The van der Waals surface area contributed by atoms with Crippen LogP contribution in [0.2, 0.25) is 5.02 Å². The van der Waals surface area contributed by atoms with Crippen LogP contribution in [0.3, 0.4) is 0 Å². The molecule has 3 N–H and O–H groups in total. The zero-order valence-electron chi connectivity index (χ0n) is 11.2. The molecule has 0 aromatic heterocycles. The summed E-state index contributed by atoms with van der Waals surface area (Å²) in [5.74, 6) is 0.535. The van der Waals surface area contributed by atoms with Crippen molar-refractivity contribution in [3.05, 3.63) is 23.2 Å². The van der Waals surface area contributed by atoms with Gasteiger partial charge in [-0.15, -0.1) is 0 Å². The first-order valence-corrected chi connectivity index (χ1v) is 7.13. The average Bonchev–Trinajstić information content (AvgIpc) is 2.42. The topological polar surface area (TPSA) is 73.2 Å². The third-order valence-electron chi connectivity index (χ3n) is 3.48. The van der Waals surface area contributed by atoms with Crippen molar-refractivity contribution in [2.75, 3.05) is 26.2 Å². The van der Waals surface area contributed by atoms with Gasteiger partial charge in [0.2, 0.25) is 0 Å². The van der Waals surface area contributed by atoms with Gasteiger partial charge >= 0.3 is 7.12 Å². The first-order valence-electron chi connectivity index (χ1n) is 6.75. The highest BCUT2D eigenvalue weighted by molar-refractivity contribution is 6.59. The van der Waals surface area contributed by atoms with Crippen LogP contribution in [0.25, 0.3) is 0 Å². The molecule has 7 heteroatoms. The Morgan fingerprint density at radius 3 is 2.60 bits per heavy atom. The lowest BCUT2D eigenvalue weighted by molar-refractivity contribution is 0.0755. The Morgan fingerprint density at radius 2 is 2.00 bits per heavy atom. The maximum absolute atomic E-state index is 9.42. The lowest BCUT2D eigenvalue weighted by atomic mass is 9.80. The van der Waals surface area contributed by atoms with Gasteiger partial charge in [0.05, 0.1) is 11.1 Å². The van der Waals surface area contributed by atoms with E-state index in [1.165, 1.54) is 6.07 Å². The van der Waals surface area contributed by atoms with Gasteiger partial charge in [0.15, 0.2) is 0 Å². The number of nitrogens with zero attached hydrogens (tertiary/aromatic N) is 1. The molecule has 0 unspecified atom stereocenters. The van der Waals surface area contributed by atoms with Gasteiger partial charge < -0.3 is 19.9 Å². The number of halogens is 1. The summed E-state index contributed by atoms with van der Waals surface area (Å²) < 4.78 is 5.60. The normalized spacial score (nSPS) is 17.2. The number of rotatable bonds is 5. The van der Waals surface area contributed by atoms with Gasteiger partial charge in [-0.05, 0) is 30.4 Å². The van der Waals surface area contributed by atoms with E-state index in [0.717, 1.165) is 32.5 Å². The van der Waals surface area contributed by atoms with Gasteiger partial charge in [-0.25, -0.2) is 0 Å². The fourth-order valence-electron chi connectivity index (χ4n) is 2.22. The number of ether oxygens (including phenoxy) is 1. The predicted molar refractivity (Wildman–Crippen MR) is 78.5 cm³/mol. The summed E-state index contributed by atoms with van der Waals surface area (Å²) in [6, 6.07) is 4.69. The molecule has 1 aromatic carbocycles. The fraction of sp³-hybridized carbons (Fsp3) is 0.538. The second kappa shape index (κ2) is 7.29. The second-order valence-corrected chi connectivity index (χ2v) is 5.39. The van der Waals surface area contributed by atoms with E-state index in [1.807, 2.05) is 0 Å². The quantitative estimate of drug-likeness (QED) is 0.660. The van der Waals surface area contributed by atoms with Crippen molar-refractivity contribution in [3.63, 3.8) is 0 Å². The summed E-state index contributed by atoms with van der Waals surface area (Å²) in [5, 5.41) is 27.9. The summed E-state index contributed by atoms with van der Waals surface area (Å²) in [4.78, 5) is 2.24. The smallest absolute Gasteiger partial charge is 0.488 e. The van der Waals surface area contributed by atoms with Gasteiger partial charge in [0.1, 0.15) is 12.4 Å². The highest BCUT2D eigenvalue weighted by atomic mass is 35.5. The van der Waals surface area contributed by atoms with E-state index in [2.05, 4.69) is 4.90 Å². The Labute approximate surface area is 123 Å². The summed E-state index contributed by atoms with van der Waals surface area (Å²) in [6.07, 6.45) is 1.45. The molecule has 0 radical (unpaired) electrons. The van der Waals surface area contributed by atoms with Crippen LogP contribution in [0.4, 0.5) is 0 Å². The molecule has 1 saturated heterocycles. The van der Waals surface area contributed by atoms with E-state index >= 15 is 0 Å². The van der Waals surface area contributed by atoms with E-state index in [4.69, 9.17) is 26.4 Å². The van der Waals surface area contributed by atoms with Crippen molar-refractivity contribution >= 4 is 24.2 Å². The van der Waals surface area contributed by atoms with Crippen molar-refractivity contribution in [3.8, 4) is 5.75 Å². The van der Waals surface area contributed by atoms with E-state index < -0.39 is 7.12 Å². The number of hydrogen-bond acceptors (Lipinski definition) is 5. The van der Waals surface area contributed by atoms with Crippen LogP contribution in [0, 0.1) is 0 Å². The largest absolute Gasteiger partial charge is 0.491 e. The van der Waals surface area contributed by atoms with Crippen LogP contribution >= 0.6 is 11.6 Å². The number of likely N-dealkylation sites (tertiary alicyclic amines) is 1. The molecule has 1 aliphatic heterocycles. The Kier molecular flexibility index (Phi) is 5.69. The zero-order chi connectivity index (χ0) is 14.5. The van der Waals surface area contributed by atoms with Crippen LogP contribution in [0.5, 0.6) is 5.75 Å². The van der Waals surface area contributed by atoms with Crippen LogP contribution in [0.1, 0.15) is 12.8 Å². The van der Waals surface area contributed by atoms with Crippen LogP contribution in [0.15, 0.2) is 18.2 Å². The summed E-state index contributed by atoms with van der Waals surface area (Å²) >= 11 is 6.02. The minimum absolute atomic E-state index is 0.168. The average molecular weight is 300 g/mol. The van der Waals surface area contributed by atoms with Crippen molar-refractivity contribution < 1.29 is 19.9 Å². The van der Waals surface area contributed by atoms with E-state index in [9.17, 15) is 5.11 Å². The van der Waals surface area contributed by atoms with Gasteiger partial charge in [-0.2, -0.15) is 0 Å². The number of piperidine rings is 1. The maximum atomic E-state index is 9.42. The molecule has 0 spiro atoms. The lowest BCUT2D eigenvalue weighted by Crippen LogP contribution is -2.38. The van der Waals surface area contributed by atoms with Crippen molar-refractivity contribution in [2.45, 2.75) is 18.9 Å². The van der Waals surface area contributed by atoms with Crippen LogP contribution in [-0.4, -0.2) is 59.5 Å². The Bertz CT molecular complexity index is 438. The van der Waals surface area contributed by atoms with Gasteiger partial charge in [0.25, 0.3) is 0 Å². The molecule has 0 saturated carbocycles. The standard InChI is InChI=1S/C13H19BClNO4/c15-12-9-10(14(18)19)1-2-13(12)20-8-7-16-5-3-11(17)4-6-16/h1-2,9,11,17-19H,3-8H2. The van der Waals surface area contributed by atoms with E-state index in [1.54, 1.807) is 12.1 Å². The first kappa shape index (κ1) is 15.6. The minimum Gasteiger partial charge on any atom is -0.491 e. The molecule has 0 atom stereocenters. The minimum atomic E-state index is -1.53. The molecule has 2 rings (SSSR count). The Hall–Kier alpha value is -0.785. The summed E-state index contributed by atoms with van der Waals surface area (Å²) in [7, 11) is -1.53. The fourth-order valence-corrected chi connectivity index (χ4v) is 2.47. The SMILES string of the molecule is OB(O)c1ccc(OCCN2CCC(O)CC2)c(Cl)c1. The molecular formula is C13H19BClNO4. The summed E-state index contributed by atoms with van der Waals surface area (Å²) in [6.45, 7) is 3.06. The Morgan fingerprint density at radius 1 is 1.30 bits per heavy atom. The number of aliphatic hydroxyl groups is 1. The number of hydrogen-bond donors (Lipinski definition) is 3. The molecule has 110 valence electrons. The zero-order valence-corrected chi connectivity index (χ0v) is 12.0. The number of aliphatic hydroxyl groups excluding tert-OH is 1.